The number of methoxy groups -OCH3 is 1. The van der Waals surface area contributed by atoms with Gasteiger partial charge in [-0.25, -0.2) is 13.1 Å². The fourth-order valence-electron chi connectivity index (χ4n) is 2.17. The number of rotatable bonds is 6. The smallest absolute Gasteiger partial charge is 0.416 e. The Labute approximate surface area is 152 Å². The second kappa shape index (κ2) is 7.76. The van der Waals surface area contributed by atoms with Crippen molar-refractivity contribution in [1.29, 1.82) is 0 Å². The number of benzene rings is 2. The van der Waals surface area contributed by atoms with E-state index in [-0.39, 0.29) is 23.6 Å². The molecule has 2 aromatic rings. The summed E-state index contributed by atoms with van der Waals surface area (Å²) in [5.74, 6) is 0.176. The van der Waals surface area contributed by atoms with Crippen LogP contribution < -0.4 is 9.46 Å². The number of sulfonamides is 1. The number of ether oxygens (including phenoxy) is 1. The van der Waals surface area contributed by atoms with Crippen molar-refractivity contribution in [3.8, 4) is 5.75 Å². The molecule has 0 heterocycles. The van der Waals surface area contributed by atoms with E-state index in [0.29, 0.717) is 10.0 Å². The first-order valence-electron chi connectivity index (χ1n) is 7.13. The lowest BCUT2D eigenvalue weighted by Crippen LogP contribution is -2.26. The Kier molecular flexibility index (Phi) is 6.12. The summed E-state index contributed by atoms with van der Waals surface area (Å²) in [5.41, 5.74) is -0.375. The van der Waals surface area contributed by atoms with Gasteiger partial charge in [0.2, 0.25) is 10.0 Å². The molecule has 0 radical (unpaired) electrons. The minimum absolute atomic E-state index is 0.0423. The van der Waals surface area contributed by atoms with Crippen LogP contribution in [0, 0.1) is 0 Å². The summed E-state index contributed by atoms with van der Waals surface area (Å²) >= 11 is 3.20. The zero-order valence-electron chi connectivity index (χ0n) is 13.1. The number of hydrogen-bond acceptors (Lipinski definition) is 3. The van der Waals surface area contributed by atoms with Crippen LogP contribution in [0.5, 0.6) is 5.75 Å². The average molecular weight is 438 g/mol. The van der Waals surface area contributed by atoms with Crippen LogP contribution in [0.1, 0.15) is 11.1 Å². The molecule has 9 heteroatoms. The molecule has 0 unspecified atom stereocenters. The first-order valence-corrected chi connectivity index (χ1v) is 9.40. The molecule has 0 fully saturated rings. The Morgan fingerprint density at radius 2 is 1.88 bits per heavy atom. The molecule has 0 saturated heterocycles. The first-order chi connectivity index (χ1) is 11.6. The predicted molar refractivity (Wildman–Crippen MR) is 91.0 cm³/mol. The van der Waals surface area contributed by atoms with E-state index in [1.807, 2.05) is 0 Å². The van der Waals surface area contributed by atoms with Crippen LogP contribution >= 0.6 is 15.9 Å². The van der Waals surface area contributed by atoms with Crippen LogP contribution in [0.25, 0.3) is 0 Å². The summed E-state index contributed by atoms with van der Waals surface area (Å²) in [7, 11) is -2.51. The number of hydrogen-bond donors (Lipinski definition) is 1. The van der Waals surface area contributed by atoms with E-state index >= 15 is 0 Å². The fraction of sp³-hybridized carbons (Fsp3) is 0.250. The first kappa shape index (κ1) is 19.7. The summed E-state index contributed by atoms with van der Waals surface area (Å²) < 4.78 is 70.8. The molecule has 0 saturated carbocycles. The van der Waals surface area contributed by atoms with Gasteiger partial charge in [0.05, 0.1) is 12.7 Å². The monoisotopic (exact) mass is 437 g/mol. The van der Waals surface area contributed by atoms with Gasteiger partial charge in [-0.3, -0.25) is 0 Å². The second-order valence-electron chi connectivity index (χ2n) is 5.14. The third-order valence-corrected chi connectivity index (χ3v) is 5.35. The Morgan fingerprint density at radius 1 is 1.16 bits per heavy atom. The normalized spacial score (nSPS) is 12.2. The zero-order chi connectivity index (χ0) is 18.7. The minimum Gasteiger partial charge on any atom is -0.495 e. The molecule has 136 valence electrons. The van der Waals surface area contributed by atoms with Crippen LogP contribution in [0.2, 0.25) is 0 Å². The van der Waals surface area contributed by atoms with Gasteiger partial charge in [-0.1, -0.05) is 34.1 Å². The van der Waals surface area contributed by atoms with E-state index in [4.69, 9.17) is 4.74 Å². The number of nitrogens with one attached hydrogen (secondary N) is 1. The van der Waals surface area contributed by atoms with Crippen molar-refractivity contribution in [3.63, 3.8) is 0 Å². The number of alkyl halides is 3. The molecule has 0 amide bonds. The third kappa shape index (κ3) is 5.20. The molecule has 0 bridgehead atoms. The van der Waals surface area contributed by atoms with E-state index < -0.39 is 21.8 Å². The Morgan fingerprint density at radius 3 is 2.52 bits per heavy atom. The van der Waals surface area contributed by atoms with E-state index in [0.717, 1.165) is 12.1 Å². The van der Waals surface area contributed by atoms with Crippen molar-refractivity contribution in [2.45, 2.75) is 17.5 Å². The maximum absolute atomic E-state index is 12.7. The van der Waals surface area contributed by atoms with Crippen LogP contribution in [0.3, 0.4) is 0 Å². The molecule has 0 spiro atoms. The summed E-state index contributed by atoms with van der Waals surface area (Å²) in [5, 5.41) is 0. The number of halogens is 4. The van der Waals surface area contributed by atoms with Gasteiger partial charge in [0.25, 0.3) is 0 Å². The summed E-state index contributed by atoms with van der Waals surface area (Å²) in [6, 6.07) is 9.33. The third-order valence-electron chi connectivity index (χ3n) is 3.38. The van der Waals surface area contributed by atoms with Gasteiger partial charge in [-0.05, 0) is 36.2 Å². The second-order valence-corrected chi connectivity index (χ2v) is 7.79. The van der Waals surface area contributed by atoms with Gasteiger partial charge >= 0.3 is 6.18 Å². The maximum Gasteiger partial charge on any atom is 0.416 e. The van der Waals surface area contributed by atoms with Gasteiger partial charge in [-0.2, -0.15) is 13.2 Å². The van der Waals surface area contributed by atoms with Gasteiger partial charge in [0, 0.05) is 11.0 Å². The molecule has 0 aliphatic rings. The van der Waals surface area contributed by atoms with Crippen molar-refractivity contribution in [1.82, 2.24) is 4.72 Å². The zero-order valence-corrected chi connectivity index (χ0v) is 15.5. The summed E-state index contributed by atoms with van der Waals surface area (Å²) in [4.78, 5) is -0.0478. The van der Waals surface area contributed by atoms with Gasteiger partial charge < -0.3 is 4.74 Å². The molecular weight excluding hydrogens is 423 g/mol. The van der Waals surface area contributed by atoms with Crippen molar-refractivity contribution in [2.75, 3.05) is 13.7 Å². The van der Waals surface area contributed by atoms with Crippen LogP contribution in [-0.4, -0.2) is 22.1 Å². The van der Waals surface area contributed by atoms with Crippen molar-refractivity contribution in [3.05, 3.63) is 58.1 Å². The molecule has 0 aromatic heterocycles. The highest BCUT2D eigenvalue weighted by atomic mass is 79.9. The largest absolute Gasteiger partial charge is 0.495 e. The van der Waals surface area contributed by atoms with E-state index in [9.17, 15) is 21.6 Å². The summed E-state index contributed by atoms with van der Waals surface area (Å²) in [6.45, 7) is -0.0423. The molecule has 2 aromatic carbocycles. The lowest BCUT2D eigenvalue weighted by atomic mass is 10.1. The molecule has 2 rings (SSSR count). The highest BCUT2D eigenvalue weighted by Gasteiger charge is 2.30. The highest BCUT2D eigenvalue weighted by molar-refractivity contribution is 9.10. The molecule has 0 aliphatic carbocycles. The van der Waals surface area contributed by atoms with E-state index in [1.54, 1.807) is 6.07 Å². The van der Waals surface area contributed by atoms with Gasteiger partial charge in [0.15, 0.2) is 0 Å². The maximum atomic E-state index is 12.7. The standard InChI is InChI=1S/C16H15BrF3NO3S/c1-24-14-6-5-13(17)10-15(14)25(22,23)21-8-7-11-3-2-4-12(9-11)16(18,19)20/h2-6,9-10,21H,7-8H2,1H3. The van der Waals surface area contributed by atoms with E-state index in [2.05, 4.69) is 20.7 Å². The minimum atomic E-state index is -4.43. The Balaban J connectivity index is 2.10. The van der Waals surface area contributed by atoms with E-state index in [1.165, 1.54) is 31.4 Å². The van der Waals surface area contributed by atoms with Crippen molar-refractivity contribution >= 4 is 26.0 Å². The van der Waals surface area contributed by atoms with Crippen LogP contribution in [0.15, 0.2) is 51.8 Å². The topological polar surface area (TPSA) is 55.4 Å². The Bertz CT molecular complexity index is 854. The summed E-state index contributed by atoms with van der Waals surface area (Å²) in [6.07, 6.45) is -4.31. The predicted octanol–water partition coefficient (Wildman–Crippen LogP) is 4.00. The van der Waals surface area contributed by atoms with Gasteiger partial charge in [0.1, 0.15) is 10.6 Å². The fourth-order valence-corrected chi connectivity index (χ4v) is 3.91. The molecular formula is C16H15BrF3NO3S. The lowest BCUT2D eigenvalue weighted by molar-refractivity contribution is -0.137. The van der Waals surface area contributed by atoms with Crippen LogP contribution in [0.4, 0.5) is 13.2 Å². The average Bonchev–Trinajstić information content (AvgIpc) is 2.54. The molecule has 4 nitrogen and oxygen atoms in total. The molecule has 1 N–H and O–H groups in total. The SMILES string of the molecule is COc1ccc(Br)cc1S(=O)(=O)NCCc1cccc(C(F)(F)F)c1. The quantitative estimate of drug-likeness (QED) is 0.742. The Hall–Kier alpha value is -1.58. The van der Waals surface area contributed by atoms with Crippen molar-refractivity contribution < 1.29 is 26.3 Å². The molecule has 0 aliphatic heterocycles. The highest BCUT2D eigenvalue weighted by Crippen LogP contribution is 2.30. The van der Waals surface area contributed by atoms with Crippen LogP contribution in [-0.2, 0) is 22.6 Å². The van der Waals surface area contributed by atoms with Crippen molar-refractivity contribution in [2.24, 2.45) is 0 Å². The molecule has 0 atom stereocenters. The lowest BCUT2D eigenvalue weighted by Gasteiger charge is -2.12. The molecule has 25 heavy (non-hydrogen) atoms. The van der Waals surface area contributed by atoms with Gasteiger partial charge in [-0.15, -0.1) is 0 Å².